The molecule has 1 aliphatic carbocycles. The van der Waals surface area contributed by atoms with Crippen molar-refractivity contribution in [3.63, 3.8) is 0 Å². The summed E-state index contributed by atoms with van der Waals surface area (Å²) in [5, 5.41) is 0. The summed E-state index contributed by atoms with van der Waals surface area (Å²) in [7, 11) is 0. The summed E-state index contributed by atoms with van der Waals surface area (Å²) in [5.74, 6) is 0.195. The van der Waals surface area contributed by atoms with Crippen molar-refractivity contribution in [1.82, 2.24) is 0 Å². The number of carbonyl (C=O) groups excluding carboxylic acids is 1. The Bertz CT molecular complexity index is 341. The van der Waals surface area contributed by atoms with E-state index in [-0.39, 0.29) is 5.92 Å². The fourth-order valence-electron chi connectivity index (χ4n) is 1.87. The minimum atomic E-state index is 0.195. The molecule has 1 aromatic carbocycles. The lowest BCUT2D eigenvalue weighted by atomic mass is 9.86. The summed E-state index contributed by atoms with van der Waals surface area (Å²) < 4.78 is 0. The van der Waals surface area contributed by atoms with E-state index in [2.05, 4.69) is 18.2 Å². The predicted octanol–water partition coefficient (Wildman–Crippen LogP) is 2.55. The molecule has 0 heterocycles. The first kappa shape index (κ1) is 9.45. The van der Waals surface area contributed by atoms with Gasteiger partial charge in [0.05, 0.1) is 0 Å². The first-order chi connectivity index (χ1) is 6.79. The Labute approximate surface area is 85.1 Å². The number of rotatable bonds is 4. The Hall–Kier alpha value is -1.11. The van der Waals surface area contributed by atoms with Crippen LogP contribution in [-0.4, -0.2) is 6.29 Å². The average molecular weight is 188 g/mol. The lowest BCUT2D eigenvalue weighted by Crippen LogP contribution is -2.08. The fraction of sp³-hybridized carbons (Fsp3) is 0.462. The third-order valence-electron chi connectivity index (χ3n) is 3.06. The molecule has 0 N–H and O–H groups in total. The van der Waals surface area contributed by atoms with Crippen LogP contribution in [0.2, 0.25) is 0 Å². The highest BCUT2D eigenvalue weighted by molar-refractivity contribution is 5.52. The molecule has 0 radical (unpaired) electrons. The van der Waals surface area contributed by atoms with Crippen LogP contribution in [0.5, 0.6) is 0 Å². The zero-order chi connectivity index (χ0) is 9.97. The molecule has 1 atom stereocenters. The summed E-state index contributed by atoms with van der Waals surface area (Å²) >= 11 is 0. The number of aldehydes is 1. The molecule has 14 heavy (non-hydrogen) atoms. The van der Waals surface area contributed by atoms with E-state index in [9.17, 15) is 4.79 Å². The van der Waals surface area contributed by atoms with E-state index in [1.54, 1.807) is 0 Å². The highest BCUT2D eigenvalue weighted by atomic mass is 16.1. The molecule has 0 saturated heterocycles. The molecule has 0 spiro atoms. The van der Waals surface area contributed by atoms with Crippen LogP contribution < -0.4 is 0 Å². The highest BCUT2D eigenvalue weighted by Gasteiger charge is 2.12. The zero-order valence-corrected chi connectivity index (χ0v) is 8.62. The molecule has 1 aromatic rings. The molecule has 1 unspecified atom stereocenters. The summed E-state index contributed by atoms with van der Waals surface area (Å²) in [5.41, 5.74) is 4.41. The van der Waals surface area contributed by atoms with Gasteiger partial charge in [-0.1, -0.05) is 25.1 Å². The van der Waals surface area contributed by atoms with Gasteiger partial charge in [0.2, 0.25) is 0 Å². The first-order valence-electron chi connectivity index (χ1n) is 5.35. The van der Waals surface area contributed by atoms with Crippen molar-refractivity contribution in [1.29, 1.82) is 0 Å². The summed E-state index contributed by atoms with van der Waals surface area (Å²) in [6.45, 7) is 1.98. The molecule has 0 bridgehead atoms. The third-order valence-corrected chi connectivity index (χ3v) is 3.06. The van der Waals surface area contributed by atoms with E-state index in [1.165, 1.54) is 29.5 Å². The molecule has 1 nitrogen and oxygen atoms in total. The topological polar surface area (TPSA) is 17.1 Å². The minimum Gasteiger partial charge on any atom is -0.303 e. The molecule has 2 rings (SSSR count). The molecule has 1 heteroatoms. The van der Waals surface area contributed by atoms with Crippen LogP contribution in [0.3, 0.4) is 0 Å². The van der Waals surface area contributed by atoms with Gasteiger partial charge in [-0.15, -0.1) is 0 Å². The maximum atomic E-state index is 10.5. The van der Waals surface area contributed by atoms with Crippen molar-refractivity contribution in [2.24, 2.45) is 5.92 Å². The van der Waals surface area contributed by atoms with Gasteiger partial charge in [0.25, 0.3) is 0 Å². The van der Waals surface area contributed by atoms with E-state index in [4.69, 9.17) is 0 Å². The van der Waals surface area contributed by atoms with E-state index in [0.29, 0.717) is 0 Å². The Morgan fingerprint density at radius 1 is 1.36 bits per heavy atom. The predicted molar refractivity (Wildman–Crippen MR) is 57.4 cm³/mol. The summed E-state index contributed by atoms with van der Waals surface area (Å²) in [6.07, 6.45) is 5.55. The van der Waals surface area contributed by atoms with Gasteiger partial charge in [-0.2, -0.15) is 0 Å². The highest BCUT2D eigenvalue weighted by Crippen LogP contribution is 2.24. The molecule has 0 saturated carbocycles. The second kappa shape index (κ2) is 3.95. The normalized spacial score (nSPS) is 15.5. The Balaban J connectivity index is 1.96. The molecule has 1 aliphatic rings. The van der Waals surface area contributed by atoms with Gasteiger partial charge < -0.3 is 4.79 Å². The summed E-state index contributed by atoms with van der Waals surface area (Å²) in [4.78, 5) is 10.5. The van der Waals surface area contributed by atoms with Crippen LogP contribution in [0.1, 0.15) is 30.0 Å². The SMILES string of the molecule is CC(C=O)CCc1ccc2c(c1)CC2. The van der Waals surface area contributed by atoms with Gasteiger partial charge in [0.1, 0.15) is 6.29 Å². The molecular formula is C13H16O. The lowest BCUT2D eigenvalue weighted by Gasteiger charge is -2.19. The van der Waals surface area contributed by atoms with Crippen molar-refractivity contribution in [2.45, 2.75) is 32.6 Å². The zero-order valence-electron chi connectivity index (χ0n) is 8.62. The number of aryl methyl sites for hydroxylation is 3. The smallest absolute Gasteiger partial charge is 0.122 e. The van der Waals surface area contributed by atoms with Gasteiger partial charge >= 0.3 is 0 Å². The number of hydrogen-bond donors (Lipinski definition) is 0. The van der Waals surface area contributed by atoms with Crippen molar-refractivity contribution >= 4 is 6.29 Å². The van der Waals surface area contributed by atoms with Crippen molar-refractivity contribution in [3.8, 4) is 0 Å². The van der Waals surface area contributed by atoms with Gasteiger partial charge in [0, 0.05) is 5.92 Å². The Morgan fingerprint density at radius 3 is 2.71 bits per heavy atom. The quantitative estimate of drug-likeness (QED) is 0.664. The van der Waals surface area contributed by atoms with Crippen LogP contribution >= 0.6 is 0 Å². The van der Waals surface area contributed by atoms with Crippen molar-refractivity contribution in [2.75, 3.05) is 0 Å². The number of fused-ring (bicyclic) bond motifs is 1. The molecule has 74 valence electrons. The minimum absolute atomic E-state index is 0.195. The maximum Gasteiger partial charge on any atom is 0.122 e. The number of hydrogen-bond acceptors (Lipinski definition) is 1. The third kappa shape index (κ3) is 1.87. The molecule has 0 aromatic heterocycles. The fourth-order valence-corrected chi connectivity index (χ4v) is 1.87. The molecular weight excluding hydrogens is 172 g/mol. The van der Waals surface area contributed by atoms with Crippen LogP contribution in [0, 0.1) is 5.92 Å². The van der Waals surface area contributed by atoms with Gasteiger partial charge in [0.15, 0.2) is 0 Å². The van der Waals surface area contributed by atoms with Crippen LogP contribution in [0.25, 0.3) is 0 Å². The van der Waals surface area contributed by atoms with E-state index in [0.717, 1.165) is 19.1 Å². The van der Waals surface area contributed by atoms with Crippen molar-refractivity contribution in [3.05, 3.63) is 34.9 Å². The van der Waals surface area contributed by atoms with Crippen LogP contribution in [0.15, 0.2) is 18.2 Å². The largest absolute Gasteiger partial charge is 0.303 e. The first-order valence-corrected chi connectivity index (χ1v) is 5.35. The molecule has 0 amide bonds. The molecule has 0 fully saturated rings. The van der Waals surface area contributed by atoms with Gasteiger partial charge in [-0.3, -0.25) is 0 Å². The van der Waals surface area contributed by atoms with Gasteiger partial charge in [-0.25, -0.2) is 0 Å². The Morgan fingerprint density at radius 2 is 2.14 bits per heavy atom. The van der Waals surface area contributed by atoms with E-state index < -0.39 is 0 Å². The average Bonchev–Trinajstić information content (AvgIpc) is 2.17. The monoisotopic (exact) mass is 188 g/mol. The standard InChI is InChI=1S/C13H16O/c1-10(9-14)2-3-11-4-5-12-6-7-13(12)8-11/h4-5,8-10H,2-3,6-7H2,1H3. The lowest BCUT2D eigenvalue weighted by molar-refractivity contribution is -0.110. The van der Waals surface area contributed by atoms with E-state index in [1.807, 2.05) is 6.92 Å². The van der Waals surface area contributed by atoms with Crippen LogP contribution in [-0.2, 0) is 24.1 Å². The second-order valence-electron chi connectivity index (χ2n) is 4.26. The van der Waals surface area contributed by atoms with Gasteiger partial charge in [-0.05, 0) is 42.4 Å². The maximum absolute atomic E-state index is 10.5. The molecule has 0 aliphatic heterocycles. The van der Waals surface area contributed by atoms with E-state index >= 15 is 0 Å². The van der Waals surface area contributed by atoms with Crippen molar-refractivity contribution < 1.29 is 4.79 Å². The number of benzene rings is 1. The van der Waals surface area contributed by atoms with Crippen LogP contribution in [0.4, 0.5) is 0 Å². The Kier molecular flexibility index (Phi) is 2.67. The second-order valence-corrected chi connectivity index (χ2v) is 4.26. The number of carbonyl (C=O) groups is 1. The summed E-state index contributed by atoms with van der Waals surface area (Å²) in [6, 6.07) is 6.74.